The summed E-state index contributed by atoms with van der Waals surface area (Å²) in [6.07, 6.45) is 7.06. The van der Waals surface area contributed by atoms with Crippen molar-refractivity contribution in [3.05, 3.63) is 0 Å². The van der Waals surface area contributed by atoms with Gasteiger partial charge in [0.25, 0.3) is 0 Å². The lowest BCUT2D eigenvalue weighted by atomic mass is 9.68. The summed E-state index contributed by atoms with van der Waals surface area (Å²) in [5, 5.41) is 10.2. The van der Waals surface area contributed by atoms with E-state index in [9.17, 15) is 5.11 Å². The first-order valence-corrected chi connectivity index (χ1v) is 6.11. The highest BCUT2D eigenvalue weighted by atomic mass is 16.3. The van der Waals surface area contributed by atoms with Crippen LogP contribution in [0.3, 0.4) is 0 Å². The Morgan fingerprint density at radius 1 is 1.50 bits per heavy atom. The zero-order valence-electron chi connectivity index (χ0n) is 9.21. The van der Waals surface area contributed by atoms with Crippen molar-refractivity contribution >= 4 is 0 Å². The average Bonchev–Trinajstić information content (AvgIpc) is 2.77. The molecule has 2 saturated carbocycles. The van der Waals surface area contributed by atoms with Crippen LogP contribution in [0.15, 0.2) is 0 Å². The lowest BCUT2D eigenvalue weighted by molar-refractivity contribution is -0.0163. The Balaban J connectivity index is 2.10. The van der Waals surface area contributed by atoms with Crippen LogP contribution < -0.4 is 5.73 Å². The van der Waals surface area contributed by atoms with Gasteiger partial charge in [-0.2, -0.15) is 0 Å². The molecule has 0 amide bonds. The van der Waals surface area contributed by atoms with Gasteiger partial charge in [-0.25, -0.2) is 0 Å². The van der Waals surface area contributed by atoms with Gasteiger partial charge in [0.15, 0.2) is 0 Å². The smallest absolute Gasteiger partial charge is 0.0611 e. The maximum absolute atomic E-state index is 10.2. The van der Waals surface area contributed by atoms with Crippen LogP contribution >= 0.6 is 0 Å². The molecule has 0 aromatic carbocycles. The number of rotatable bonds is 4. The Hall–Kier alpha value is -0.0800. The van der Waals surface area contributed by atoms with Crippen LogP contribution in [0.25, 0.3) is 0 Å². The molecular weight excluding hydrogens is 174 g/mol. The standard InChI is InChI=1S/C12H23NO/c1-2-3-11(14)12(8-13)7-9-4-5-10(12)6-9/h9-11,14H,2-8,13H2,1H3. The van der Waals surface area contributed by atoms with Crippen LogP contribution in [0.5, 0.6) is 0 Å². The van der Waals surface area contributed by atoms with Crippen molar-refractivity contribution in [2.24, 2.45) is 23.0 Å². The Morgan fingerprint density at radius 3 is 2.71 bits per heavy atom. The maximum atomic E-state index is 10.2. The fourth-order valence-corrected chi connectivity index (χ4v) is 3.84. The zero-order valence-corrected chi connectivity index (χ0v) is 9.21. The van der Waals surface area contributed by atoms with Gasteiger partial charge >= 0.3 is 0 Å². The average molecular weight is 197 g/mol. The van der Waals surface area contributed by atoms with E-state index in [-0.39, 0.29) is 11.5 Å². The van der Waals surface area contributed by atoms with Gasteiger partial charge in [0.2, 0.25) is 0 Å². The van der Waals surface area contributed by atoms with Crippen molar-refractivity contribution in [1.29, 1.82) is 0 Å². The molecule has 2 fully saturated rings. The van der Waals surface area contributed by atoms with E-state index in [0.717, 1.165) is 24.7 Å². The molecule has 2 nitrogen and oxygen atoms in total. The van der Waals surface area contributed by atoms with E-state index in [1.54, 1.807) is 0 Å². The van der Waals surface area contributed by atoms with Crippen molar-refractivity contribution < 1.29 is 5.11 Å². The second-order valence-corrected chi connectivity index (χ2v) is 5.32. The minimum absolute atomic E-state index is 0.0962. The lowest BCUT2D eigenvalue weighted by Crippen LogP contribution is -2.45. The minimum atomic E-state index is -0.146. The van der Waals surface area contributed by atoms with E-state index in [2.05, 4.69) is 6.92 Å². The molecular formula is C12H23NO. The summed E-state index contributed by atoms with van der Waals surface area (Å²) in [6.45, 7) is 2.83. The molecule has 0 spiro atoms. The van der Waals surface area contributed by atoms with Crippen LogP contribution in [0.2, 0.25) is 0 Å². The molecule has 2 heteroatoms. The third-order valence-electron chi connectivity index (χ3n) is 4.63. The van der Waals surface area contributed by atoms with Crippen molar-refractivity contribution in [2.45, 2.75) is 51.6 Å². The third-order valence-corrected chi connectivity index (χ3v) is 4.63. The molecule has 3 N–H and O–H groups in total. The molecule has 0 radical (unpaired) electrons. The summed E-state index contributed by atoms with van der Waals surface area (Å²) in [5.41, 5.74) is 6.02. The van der Waals surface area contributed by atoms with Gasteiger partial charge in [-0.3, -0.25) is 0 Å². The molecule has 14 heavy (non-hydrogen) atoms. The molecule has 2 bridgehead atoms. The third kappa shape index (κ3) is 1.40. The topological polar surface area (TPSA) is 46.2 Å². The zero-order chi connectivity index (χ0) is 10.2. The molecule has 0 heterocycles. The Bertz CT molecular complexity index is 206. The number of fused-ring (bicyclic) bond motifs is 2. The highest BCUT2D eigenvalue weighted by Crippen LogP contribution is 2.57. The van der Waals surface area contributed by atoms with E-state index in [0.29, 0.717) is 6.54 Å². The summed E-state index contributed by atoms with van der Waals surface area (Å²) >= 11 is 0. The van der Waals surface area contributed by atoms with Gasteiger partial charge in [-0.15, -0.1) is 0 Å². The predicted molar refractivity (Wildman–Crippen MR) is 57.9 cm³/mol. The maximum Gasteiger partial charge on any atom is 0.0611 e. The van der Waals surface area contributed by atoms with Gasteiger partial charge in [0.05, 0.1) is 6.10 Å². The van der Waals surface area contributed by atoms with E-state index < -0.39 is 0 Å². The Labute approximate surface area is 86.9 Å². The minimum Gasteiger partial charge on any atom is -0.392 e. The molecule has 4 atom stereocenters. The van der Waals surface area contributed by atoms with Crippen molar-refractivity contribution in [2.75, 3.05) is 6.54 Å². The molecule has 2 aliphatic carbocycles. The molecule has 2 aliphatic rings. The SMILES string of the molecule is CCCC(O)C1(CN)CC2CCC1C2. The lowest BCUT2D eigenvalue weighted by Gasteiger charge is -2.41. The van der Waals surface area contributed by atoms with E-state index in [1.807, 2.05) is 0 Å². The second kappa shape index (κ2) is 3.82. The fourth-order valence-electron chi connectivity index (χ4n) is 3.84. The summed E-state index contributed by atoms with van der Waals surface area (Å²) in [5.74, 6) is 1.59. The predicted octanol–water partition coefficient (Wildman–Crippen LogP) is 1.91. The number of hydrogen-bond acceptors (Lipinski definition) is 2. The summed E-state index contributed by atoms with van der Waals surface area (Å²) in [6, 6.07) is 0. The quantitative estimate of drug-likeness (QED) is 0.723. The summed E-state index contributed by atoms with van der Waals surface area (Å²) < 4.78 is 0. The van der Waals surface area contributed by atoms with Gasteiger partial charge in [-0.05, 0) is 37.5 Å². The molecule has 82 valence electrons. The van der Waals surface area contributed by atoms with E-state index in [1.165, 1.54) is 25.7 Å². The first kappa shape index (κ1) is 10.4. The fraction of sp³-hybridized carbons (Fsp3) is 1.00. The first-order chi connectivity index (χ1) is 6.73. The van der Waals surface area contributed by atoms with E-state index in [4.69, 9.17) is 5.73 Å². The van der Waals surface area contributed by atoms with Crippen molar-refractivity contribution in [1.82, 2.24) is 0 Å². The van der Waals surface area contributed by atoms with Gasteiger partial charge in [0.1, 0.15) is 0 Å². The molecule has 4 unspecified atom stereocenters. The van der Waals surface area contributed by atoms with Crippen LogP contribution in [0.1, 0.15) is 45.4 Å². The largest absolute Gasteiger partial charge is 0.392 e. The van der Waals surface area contributed by atoms with Crippen LogP contribution in [0, 0.1) is 17.3 Å². The highest BCUT2D eigenvalue weighted by Gasteiger charge is 2.53. The number of aliphatic hydroxyl groups is 1. The normalized spacial score (nSPS) is 43.1. The number of hydrogen-bond donors (Lipinski definition) is 2. The van der Waals surface area contributed by atoms with Crippen molar-refractivity contribution in [3.8, 4) is 0 Å². The van der Waals surface area contributed by atoms with Gasteiger partial charge in [0, 0.05) is 12.0 Å². The van der Waals surface area contributed by atoms with Gasteiger partial charge in [-0.1, -0.05) is 19.8 Å². The summed E-state index contributed by atoms with van der Waals surface area (Å²) in [7, 11) is 0. The molecule has 2 rings (SSSR count). The number of aliphatic hydroxyl groups excluding tert-OH is 1. The van der Waals surface area contributed by atoms with Gasteiger partial charge < -0.3 is 10.8 Å². The van der Waals surface area contributed by atoms with Crippen molar-refractivity contribution in [3.63, 3.8) is 0 Å². The monoisotopic (exact) mass is 197 g/mol. The molecule has 0 aromatic rings. The molecule has 0 saturated heterocycles. The Kier molecular flexibility index (Phi) is 2.85. The molecule has 0 aromatic heterocycles. The molecule has 0 aliphatic heterocycles. The number of nitrogens with two attached hydrogens (primary N) is 1. The summed E-state index contributed by atoms with van der Waals surface area (Å²) in [4.78, 5) is 0. The van der Waals surface area contributed by atoms with Crippen LogP contribution in [0.4, 0.5) is 0 Å². The highest BCUT2D eigenvalue weighted by molar-refractivity contribution is 5.04. The first-order valence-electron chi connectivity index (χ1n) is 6.11. The van der Waals surface area contributed by atoms with Crippen LogP contribution in [-0.2, 0) is 0 Å². The van der Waals surface area contributed by atoms with E-state index >= 15 is 0 Å². The Morgan fingerprint density at radius 2 is 2.29 bits per heavy atom. The second-order valence-electron chi connectivity index (χ2n) is 5.32. The van der Waals surface area contributed by atoms with Crippen LogP contribution in [-0.4, -0.2) is 17.8 Å².